The Labute approximate surface area is 125 Å². The summed E-state index contributed by atoms with van der Waals surface area (Å²) in [5, 5.41) is 4.04. The molecular formula is C15H25N3OS. The largest absolute Gasteiger partial charge is 0.351 e. The molecule has 1 aliphatic rings. The molecule has 2 rings (SSSR count). The van der Waals surface area contributed by atoms with Gasteiger partial charge in [-0.25, -0.2) is 4.98 Å². The second kappa shape index (κ2) is 7.18. The third-order valence-electron chi connectivity index (χ3n) is 3.53. The van der Waals surface area contributed by atoms with Crippen LogP contribution in [0, 0.1) is 12.8 Å². The third kappa shape index (κ3) is 4.28. The smallest absolute Gasteiger partial charge is 0.263 e. The lowest BCUT2D eigenvalue weighted by Gasteiger charge is -2.25. The predicted octanol–water partition coefficient (Wildman–Crippen LogP) is 2.82. The minimum absolute atomic E-state index is 0.0265. The van der Waals surface area contributed by atoms with Gasteiger partial charge in [0.15, 0.2) is 0 Å². The van der Waals surface area contributed by atoms with Crippen LogP contribution in [0.5, 0.6) is 0 Å². The molecule has 0 aromatic carbocycles. The molecular weight excluding hydrogens is 270 g/mol. The fourth-order valence-corrected chi connectivity index (χ4v) is 3.44. The molecule has 1 aliphatic heterocycles. The van der Waals surface area contributed by atoms with Crippen molar-refractivity contribution in [1.82, 2.24) is 15.2 Å². The lowest BCUT2D eigenvalue weighted by molar-refractivity contribution is 0.0952. The highest BCUT2D eigenvalue weighted by Gasteiger charge is 2.18. The van der Waals surface area contributed by atoms with Crippen molar-refractivity contribution < 1.29 is 4.79 Å². The van der Waals surface area contributed by atoms with Gasteiger partial charge in [-0.3, -0.25) is 9.69 Å². The topological polar surface area (TPSA) is 45.2 Å². The molecule has 20 heavy (non-hydrogen) atoms. The minimum Gasteiger partial charge on any atom is -0.351 e. The normalized spacial score (nSPS) is 16.6. The molecule has 2 heterocycles. The number of hydrogen-bond donors (Lipinski definition) is 1. The zero-order chi connectivity index (χ0) is 14.5. The van der Waals surface area contributed by atoms with Crippen LogP contribution >= 0.6 is 11.3 Å². The number of hydrogen-bond acceptors (Lipinski definition) is 4. The van der Waals surface area contributed by atoms with Crippen molar-refractivity contribution >= 4 is 17.2 Å². The van der Waals surface area contributed by atoms with Crippen LogP contribution in [0.3, 0.4) is 0 Å². The van der Waals surface area contributed by atoms with Crippen molar-refractivity contribution in [3.05, 3.63) is 15.6 Å². The summed E-state index contributed by atoms with van der Waals surface area (Å²) < 4.78 is 0. The average molecular weight is 295 g/mol. The number of piperidine rings is 1. The van der Waals surface area contributed by atoms with Gasteiger partial charge >= 0.3 is 0 Å². The first-order valence-electron chi connectivity index (χ1n) is 7.53. The van der Waals surface area contributed by atoms with E-state index in [0.29, 0.717) is 5.92 Å². The molecule has 1 amide bonds. The number of nitrogens with zero attached hydrogens (tertiary/aromatic N) is 2. The van der Waals surface area contributed by atoms with E-state index >= 15 is 0 Å². The molecule has 0 spiro atoms. The van der Waals surface area contributed by atoms with E-state index in [0.717, 1.165) is 41.8 Å². The Morgan fingerprint density at radius 2 is 2.05 bits per heavy atom. The molecule has 1 aromatic heterocycles. The van der Waals surface area contributed by atoms with Crippen molar-refractivity contribution in [2.24, 2.45) is 5.92 Å². The molecule has 1 fully saturated rings. The van der Waals surface area contributed by atoms with Crippen LogP contribution < -0.4 is 5.32 Å². The van der Waals surface area contributed by atoms with Gasteiger partial charge in [0.1, 0.15) is 9.88 Å². The number of carbonyl (C=O) groups excluding carboxylic acids is 1. The van der Waals surface area contributed by atoms with Gasteiger partial charge in [-0.05, 0) is 38.8 Å². The lowest BCUT2D eigenvalue weighted by atomic mass is 10.1. The van der Waals surface area contributed by atoms with Gasteiger partial charge in [0.25, 0.3) is 5.91 Å². The van der Waals surface area contributed by atoms with Gasteiger partial charge < -0.3 is 5.32 Å². The fourth-order valence-electron chi connectivity index (χ4n) is 2.42. The number of aryl methyl sites for hydroxylation is 1. The molecule has 0 atom stereocenters. The first-order valence-corrected chi connectivity index (χ1v) is 8.34. The Morgan fingerprint density at radius 1 is 1.35 bits per heavy atom. The van der Waals surface area contributed by atoms with E-state index in [1.807, 2.05) is 6.92 Å². The predicted molar refractivity (Wildman–Crippen MR) is 83.2 cm³/mol. The molecule has 0 unspecified atom stereocenters. The molecule has 5 heteroatoms. The third-order valence-corrected chi connectivity index (χ3v) is 4.67. The summed E-state index contributed by atoms with van der Waals surface area (Å²) in [6.45, 7) is 10.1. The van der Waals surface area contributed by atoms with E-state index in [9.17, 15) is 4.79 Å². The fraction of sp³-hybridized carbons (Fsp3) is 0.733. The maximum atomic E-state index is 12.1. The molecule has 1 saturated heterocycles. The van der Waals surface area contributed by atoms with E-state index in [2.05, 4.69) is 29.0 Å². The Bertz CT molecular complexity index is 450. The quantitative estimate of drug-likeness (QED) is 0.908. The van der Waals surface area contributed by atoms with Crippen LogP contribution in [0.2, 0.25) is 0 Å². The van der Waals surface area contributed by atoms with Crippen LogP contribution in [0.15, 0.2) is 0 Å². The number of rotatable bonds is 5. The van der Waals surface area contributed by atoms with Gasteiger partial charge in [0, 0.05) is 6.54 Å². The van der Waals surface area contributed by atoms with E-state index in [1.54, 1.807) is 11.3 Å². The first kappa shape index (κ1) is 15.4. The summed E-state index contributed by atoms with van der Waals surface area (Å²) >= 11 is 1.55. The first-order chi connectivity index (χ1) is 9.56. The van der Waals surface area contributed by atoms with Crippen LogP contribution in [-0.4, -0.2) is 35.4 Å². The summed E-state index contributed by atoms with van der Waals surface area (Å²) in [7, 11) is 0. The number of amides is 1. The Hall–Kier alpha value is -0.940. The lowest BCUT2D eigenvalue weighted by Crippen LogP contribution is -2.29. The van der Waals surface area contributed by atoms with Crippen molar-refractivity contribution in [1.29, 1.82) is 0 Å². The van der Waals surface area contributed by atoms with Gasteiger partial charge in [-0.1, -0.05) is 20.3 Å². The van der Waals surface area contributed by atoms with Crippen molar-refractivity contribution in [2.45, 2.75) is 46.6 Å². The summed E-state index contributed by atoms with van der Waals surface area (Å²) in [5.74, 6) is 0.499. The van der Waals surface area contributed by atoms with Crippen LogP contribution in [0.4, 0.5) is 0 Å². The maximum Gasteiger partial charge on any atom is 0.263 e. The summed E-state index contributed by atoms with van der Waals surface area (Å²) in [5.41, 5.74) is 0.864. The maximum absolute atomic E-state index is 12.1. The van der Waals surface area contributed by atoms with E-state index in [4.69, 9.17) is 0 Å². The second-order valence-electron chi connectivity index (χ2n) is 5.96. The van der Waals surface area contributed by atoms with Crippen LogP contribution in [0.25, 0.3) is 0 Å². The number of nitrogens with one attached hydrogen (secondary N) is 1. The number of likely N-dealkylation sites (tertiary alicyclic amines) is 1. The van der Waals surface area contributed by atoms with Crippen molar-refractivity contribution in [3.8, 4) is 0 Å². The highest BCUT2D eigenvalue weighted by atomic mass is 32.1. The van der Waals surface area contributed by atoms with E-state index in [-0.39, 0.29) is 5.91 Å². The molecule has 0 bridgehead atoms. The van der Waals surface area contributed by atoms with Gasteiger partial charge in [0.05, 0.1) is 12.2 Å². The number of aromatic nitrogens is 1. The van der Waals surface area contributed by atoms with Gasteiger partial charge in [-0.15, -0.1) is 11.3 Å². The SMILES string of the molecule is Cc1nc(CN2CCCCC2)sc1C(=O)NCC(C)C. The van der Waals surface area contributed by atoms with Crippen LogP contribution in [0.1, 0.15) is 53.5 Å². The Morgan fingerprint density at radius 3 is 2.70 bits per heavy atom. The van der Waals surface area contributed by atoms with Crippen molar-refractivity contribution in [2.75, 3.05) is 19.6 Å². The summed E-state index contributed by atoms with van der Waals surface area (Å²) in [6.07, 6.45) is 3.91. The van der Waals surface area contributed by atoms with Crippen LogP contribution in [-0.2, 0) is 6.54 Å². The number of carbonyl (C=O) groups is 1. The Balaban J connectivity index is 1.95. The van der Waals surface area contributed by atoms with Gasteiger partial charge in [0.2, 0.25) is 0 Å². The molecule has 0 saturated carbocycles. The molecule has 0 radical (unpaired) electrons. The van der Waals surface area contributed by atoms with E-state index < -0.39 is 0 Å². The standard InChI is InChI=1S/C15H25N3OS/c1-11(2)9-16-15(19)14-12(3)17-13(20-14)10-18-7-5-4-6-8-18/h11H,4-10H2,1-3H3,(H,16,19). The zero-order valence-corrected chi connectivity index (χ0v) is 13.6. The summed E-state index contributed by atoms with van der Waals surface area (Å²) in [6, 6.07) is 0. The minimum atomic E-state index is 0.0265. The summed E-state index contributed by atoms with van der Waals surface area (Å²) in [4.78, 5) is 19.9. The monoisotopic (exact) mass is 295 g/mol. The highest BCUT2D eigenvalue weighted by molar-refractivity contribution is 7.13. The Kier molecular flexibility index (Phi) is 5.54. The molecule has 112 valence electrons. The number of thiazole rings is 1. The average Bonchev–Trinajstić information content (AvgIpc) is 2.78. The van der Waals surface area contributed by atoms with E-state index in [1.165, 1.54) is 19.3 Å². The highest BCUT2D eigenvalue weighted by Crippen LogP contribution is 2.21. The second-order valence-corrected chi connectivity index (χ2v) is 7.05. The zero-order valence-electron chi connectivity index (χ0n) is 12.7. The van der Waals surface area contributed by atoms with Crippen molar-refractivity contribution in [3.63, 3.8) is 0 Å². The molecule has 1 aromatic rings. The molecule has 1 N–H and O–H groups in total. The molecule has 0 aliphatic carbocycles. The molecule has 4 nitrogen and oxygen atoms in total. The van der Waals surface area contributed by atoms with Gasteiger partial charge in [-0.2, -0.15) is 0 Å².